The van der Waals surface area contributed by atoms with Crippen molar-refractivity contribution in [3.05, 3.63) is 46.7 Å². The molecule has 0 saturated carbocycles. The molecule has 1 unspecified atom stereocenters. The van der Waals surface area contributed by atoms with Gasteiger partial charge < -0.3 is 4.74 Å². The molecule has 17 heavy (non-hydrogen) atoms. The molecule has 0 amide bonds. The highest BCUT2D eigenvalue weighted by Gasteiger charge is 2.32. The third-order valence-corrected chi connectivity index (χ3v) is 3.60. The molecule has 2 nitrogen and oxygen atoms in total. The van der Waals surface area contributed by atoms with Crippen LogP contribution in [0.2, 0.25) is 0 Å². The van der Waals surface area contributed by atoms with E-state index < -0.39 is 0 Å². The van der Waals surface area contributed by atoms with Gasteiger partial charge in [-0.15, -0.1) is 0 Å². The first-order valence-electron chi connectivity index (χ1n) is 6.22. The lowest BCUT2D eigenvalue weighted by molar-refractivity contribution is -0.116. The standard InChI is InChI=1S/C15H16O2/c1-10-5-7-11(8-6-10)15-9-12-13(16)3-2-4-14(12)17-15/h5-8,15H,2-4,9H2,1H3. The number of aryl methyl sites for hydroxylation is 1. The van der Waals surface area contributed by atoms with Crippen LogP contribution >= 0.6 is 0 Å². The van der Waals surface area contributed by atoms with Gasteiger partial charge in [0.05, 0.1) is 0 Å². The van der Waals surface area contributed by atoms with Crippen molar-refractivity contribution in [2.24, 2.45) is 0 Å². The first-order chi connectivity index (χ1) is 8.24. The highest BCUT2D eigenvalue weighted by atomic mass is 16.5. The van der Waals surface area contributed by atoms with Gasteiger partial charge in [0.1, 0.15) is 11.9 Å². The molecule has 0 spiro atoms. The van der Waals surface area contributed by atoms with Gasteiger partial charge in [0.15, 0.2) is 5.78 Å². The van der Waals surface area contributed by atoms with E-state index in [1.54, 1.807) is 0 Å². The van der Waals surface area contributed by atoms with Crippen molar-refractivity contribution in [1.82, 2.24) is 0 Å². The maximum Gasteiger partial charge on any atom is 0.162 e. The van der Waals surface area contributed by atoms with Crippen LogP contribution in [0.25, 0.3) is 0 Å². The summed E-state index contributed by atoms with van der Waals surface area (Å²) in [6, 6.07) is 8.39. The monoisotopic (exact) mass is 228 g/mol. The summed E-state index contributed by atoms with van der Waals surface area (Å²) in [6.07, 6.45) is 3.39. The smallest absolute Gasteiger partial charge is 0.162 e. The molecule has 1 aromatic rings. The van der Waals surface area contributed by atoms with E-state index in [2.05, 4.69) is 31.2 Å². The van der Waals surface area contributed by atoms with E-state index in [9.17, 15) is 4.79 Å². The molecule has 1 heterocycles. The number of ether oxygens (including phenoxy) is 1. The van der Waals surface area contributed by atoms with Gasteiger partial charge in [0.25, 0.3) is 0 Å². The molecule has 1 aromatic carbocycles. The van der Waals surface area contributed by atoms with Crippen LogP contribution in [0.15, 0.2) is 35.6 Å². The normalized spacial score (nSPS) is 23.6. The van der Waals surface area contributed by atoms with Crippen molar-refractivity contribution in [1.29, 1.82) is 0 Å². The lowest BCUT2D eigenvalue weighted by Gasteiger charge is -2.14. The summed E-state index contributed by atoms with van der Waals surface area (Å²) in [5, 5.41) is 0. The average Bonchev–Trinajstić information content (AvgIpc) is 2.75. The summed E-state index contributed by atoms with van der Waals surface area (Å²) >= 11 is 0. The molecule has 0 radical (unpaired) electrons. The van der Waals surface area contributed by atoms with Crippen molar-refractivity contribution < 1.29 is 9.53 Å². The third kappa shape index (κ3) is 1.88. The van der Waals surface area contributed by atoms with Gasteiger partial charge in [0.2, 0.25) is 0 Å². The quantitative estimate of drug-likeness (QED) is 0.735. The van der Waals surface area contributed by atoms with Crippen molar-refractivity contribution in [3.63, 3.8) is 0 Å². The maximum absolute atomic E-state index is 11.8. The molecule has 1 atom stereocenters. The second-order valence-corrected chi connectivity index (χ2v) is 4.90. The molecule has 0 fully saturated rings. The molecule has 3 rings (SSSR count). The van der Waals surface area contributed by atoms with E-state index >= 15 is 0 Å². The highest BCUT2D eigenvalue weighted by Crippen LogP contribution is 2.41. The molecule has 1 aliphatic carbocycles. The molecule has 88 valence electrons. The zero-order valence-electron chi connectivity index (χ0n) is 10.0. The number of ketones is 1. The van der Waals surface area contributed by atoms with Gasteiger partial charge in [0, 0.05) is 24.8 Å². The maximum atomic E-state index is 11.8. The summed E-state index contributed by atoms with van der Waals surface area (Å²) < 4.78 is 5.92. The summed E-state index contributed by atoms with van der Waals surface area (Å²) in [7, 11) is 0. The molecule has 0 N–H and O–H groups in total. The van der Waals surface area contributed by atoms with E-state index in [-0.39, 0.29) is 6.10 Å². The Kier molecular flexibility index (Phi) is 2.50. The van der Waals surface area contributed by atoms with E-state index in [1.165, 1.54) is 11.1 Å². The Bertz CT molecular complexity index is 482. The van der Waals surface area contributed by atoms with Crippen LogP contribution in [-0.4, -0.2) is 5.78 Å². The minimum atomic E-state index is 0.0580. The highest BCUT2D eigenvalue weighted by molar-refractivity contribution is 5.97. The van der Waals surface area contributed by atoms with Gasteiger partial charge in [-0.1, -0.05) is 29.8 Å². The fourth-order valence-corrected chi connectivity index (χ4v) is 2.59. The predicted molar refractivity (Wildman–Crippen MR) is 65.5 cm³/mol. The van der Waals surface area contributed by atoms with Crippen LogP contribution in [0.5, 0.6) is 0 Å². The van der Waals surface area contributed by atoms with Crippen molar-refractivity contribution in [3.8, 4) is 0 Å². The molecule has 0 bridgehead atoms. The van der Waals surface area contributed by atoms with Crippen molar-refractivity contribution >= 4 is 5.78 Å². The van der Waals surface area contributed by atoms with Crippen LogP contribution in [0.1, 0.15) is 42.9 Å². The van der Waals surface area contributed by atoms with E-state index in [0.29, 0.717) is 12.2 Å². The first-order valence-corrected chi connectivity index (χ1v) is 6.22. The number of hydrogen-bond donors (Lipinski definition) is 0. The Hall–Kier alpha value is -1.57. The summed E-state index contributed by atoms with van der Waals surface area (Å²) in [5.41, 5.74) is 3.38. The van der Waals surface area contributed by atoms with Crippen LogP contribution in [0.4, 0.5) is 0 Å². The largest absolute Gasteiger partial charge is 0.489 e. The van der Waals surface area contributed by atoms with Crippen molar-refractivity contribution in [2.75, 3.05) is 0 Å². The minimum absolute atomic E-state index is 0.0580. The Morgan fingerprint density at radius 3 is 2.65 bits per heavy atom. The van der Waals surface area contributed by atoms with Crippen LogP contribution in [0, 0.1) is 6.92 Å². The van der Waals surface area contributed by atoms with Gasteiger partial charge in [-0.2, -0.15) is 0 Å². The van der Waals surface area contributed by atoms with Crippen LogP contribution in [-0.2, 0) is 9.53 Å². The third-order valence-electron chi connectivity index (χ3n) is 3.60. The van der Waals surface area contributed by atoms with E-state index in [0.717, 1.165) is 30.6 Å². The van der Waals surface area contributed by atoms with Gasteiger partial charge in [-0.3, -0.25) is 4.79 Å². The fraction of sp³-hybridized carbons (Fsp3) is 0.400. The number of carbonyl (C=O) groups excluding carboxylic acids is 1. The summed E-state index contributed by atoms with van der Waals surface area (Å²) in [4.78, 5) is 11.8. The summed E-state index contributed by atoms with van der Waals surface area (Å²) in [6.45, 7) is 2.08. The van der Waals surface area contributed by atoms with Gasteiger partial charge in [-0.05, 0) is 18.9 Å². The lowest BCUT2D eigenvalue weighted by atomic mass is 9.93. The molecule has 0 saturated heterocycles. The fourth-order valence-electron chi connectivity index (χ4n) is 2.59. The van der Waals surface area contributed by atoms with E-state index in [1.807, 2.05) is 0 Å². The second-order valence-electron chi connectivity index (χ2n) is 4.90. The first kappa shape index (κ1) is 10.6. The second kappa shape index (κ2) is 4.02. The molecular formula is C15H16O2. The van der Waals surface area contributed by atoms with Crippen LogP contribution < -0.4 is 0 Å². The van der Waals surface area contributed by atoms with Gasteiger partial charge in [-0.25, -0.2) is 0 Å². The SMILES string of the molecule is Cc1ccc(C2CC3=C(CCCC3=O)O2)cc1. The number of hydrogen-bond acceptors (Lipinski definition) is 2. The zero-order valence-corrected chi connectivity index (χ0v) is 10.0. The number of rotatable bonds is 1. The van der Waals surface area contributed by atoms with E-state index in [4.69, 9.17) is 4.74 Å². The Morgan fingerprint density at radius 2 is 1.94 bits per heavy atom. The Labute approximate surface area is 101 Å². The lowest BCUT2D eigenvalue weighted by Crippen LogP contribution is -2.07. The Morgan fingerprint density at radius 1 is 1.18 bits per heavy atom. The summed E-state index contributed by atoms with van der Waals surface area (Å²) in [5.74, 6) is 1.24. The zero-order chi connectivity index (χ0) is 11.8. The van der Waals surface area contributed by atoms with Gasteiger partial charge >= 0.3 is 0 Å². The van der Waals surface area contributed by atoms with Crippen LogP contribution in [0.3, 0.4) is 0 Å². The van der Waals surface area contributed by atoms with Crippen molar-refractivity contribution in [2.45, 2.75) is 38.7 Å². The molecular weight excluding hydrogens is 212 g/mol. The molecule has 2 aliphatic rings. The molecule has 0 aromatic heterocycles. The number of allylic oxidation sites excluding steroid dienone is 1. The molecule has 2 heteroatoms. The molecule has 1 aliphatic heterocycles. The Balaban J connectivity index is 1.82. The number of Topliss-reactive ketones (excluding diaryl/α,β-unsaturated/α-hetero) is 1. The topological polar surface area (TPSA) is 26.3 Å². The number of carbonyl (C=O) groups is 1. The minimum Gasteiger partial charge on any atom is -0.489 e. The predicted octanol–water partition coefficient (Wildman–Crippen LogP) is 3.46. The average molecular weight is 228 g/mol. The number of benzene rings is 1.